The molecule has 12 heavy (non-hydrogen) atoms. The van der Waals surface area contributed by atoms with Crippen LogP contribution in [0.3, 0.4) is 0 Å². The highest BCUT2D eigenvalue weighted by Gasteiger charge is 2.32. The average Bonchev–Trinajstić information content (AvgIpc) is 2.15. The van der Waals surface area contributed by atoms with E-state index < -0.39 is 0 Å². The molecule has 2 heterocycles. The van der Waals surface area contributed by atoms with Crippen molar-refractivity contribution in [1.29, 1.82) is 0 Å². The monoisotopic (exact) mass is 162 g/mol. The Balaban J connectivity index is 2.13. The van der Waals surface area contributed by atoms with Crippen LogP contribution in [0, 0.1) is 0 Å². The van der Waals surface area contributed by atoms with E-state index in [1.165, 1.54) is 12.0 Å². The van der Waals surface area contributed by atoms with Gasteiger partial charge in [-0.2, -0.15) is 0 Å². The largest absolute Gasteiger partial charge is 0.297 e. The van der Waals surface area contributed by atoms with Gasteiger partial charge in [0.2, 0.25) is 0 Å². The molecular weight excluding hydrogens is 148 g/mol. The van der Waals surface area contributed by atoms with Gasteiger partial charge in [-0.25, -0.2) is 0 Å². The molecule has 1 fully saturated rings. The van der Waals surface area contributed by atoms with E-state index in [0.29, 0.717) is 6.04 Å². The van der Waals surface area contributed by atoms with Gasteiger partial charge in [-0.3, -0.25) is 9.88 Å². The summed E-state index contributed by atoms with van der Waals surface area (Å²) in [5, 5.41) is 0. The third kappa shape index (κ3) is 1.12. The van der Waals surface area contributed by atoms with Crippen LogP contribution in [0.5, 0.6) is 0 Å². The number of hydrogen-bond acceptors (Lipinski definition) is 2. The van der Waals surface area contributed by atoms with E-state index in [4.69, 9.17) is 0 Å². The fraction of sp³-hybridized carbons (Fsp3) is 0.500. The Kier molecular flexibility index (Phi) is 1.85. The third-order valence-electron chi connectivity index (χ3n) is 2.82. The molecule has 2 atom stereocenters. The molecule has 0 unspecified atom stereocenters. The zero-order chi connectivity index (χ0) is 8.55. The molecular formula is C10H14N2. The SMILES string of the molecule is C[C@H]1C[C@H](c2cccnc2)N1C. The van der Waals surface area contributed by atoms with E-state index in [0.717, 1.165) is 6.04 Å². The lowest BCUT2D eigenvalue weighted by molar-refractivity contribution is 0.0557. The molecule has 0 aliphatic carbocycles. The molecule has 1 aliphatic rings. The minimum atomic E-state index is 0.605. The summed E-state index contributed by atoms with van der Waals surface area (Å²) in [7, 11) is 2.17. The summed E-state index contributed by atoms with van der Waals surface area (Å²) < 4.78 is 0. The second-order valence-corrected chi connectivity index (χ2v) is 3.55. The molecule has 64 valence electrons. The van der Waals surface area contributed by atoms with E-state index in [9.17, 15) is 0 Å². The molecule has 2 nitrogen and oxygen atoms in total. The lowest BCUT2D eigenvalue weighted by atomic mass is 9.90. The fourth-order valence-electron chi connectivity index (χ4n) is 1.77. The third-order valence-corrected chi connectivity index (χ3v) is 2.82. The summed E-state index contributed by atoms with van der Waals surface area (Å²) >= 11 is 0. The highest BCUT2D eigenvalue weighted by molar-refractivity contribution is 5.17. The molecule has 0 bridgehead atoms. The maximum absolute atomic E-state index is 4.12. The lowest BCUT2D eigenvalue weighted by Gasteiger charge is -2.44. The van der Waals surface area contributed by atoms with Crippen molar-refractivity contribution in [2.24, 2.45) is 0 Å². The van der Waals surface area contributed by atoms with Crippen LogP contribution in [-0.2, 0) is 0 Å². The minimum Gasteiger partial charge on any atom is -0.297 e. The lowest BCUT2D eigenvalue weighted by Crippen LogP contribution is -2.45. The molecule has 0 radical (unpaired) electrons. The first kappa shape index (κ1) is 7.74. The summed E-state index contributed by atoms with van der Waals surface area (Å²) in [5.74, 6) is 0. The van der Waals surface area contributed by atoms with Crippen molar-refractivity contribution in [1.82, 2.24) is 9.88 Å². The van der Waals surface area contributed by atoms with Gasteiger partial charge in [0.1, 0.15) is 0 Å². The predicted molar refractivity (Wildman–Crippen MR) is 48.8 cm³/mol. The van der Waals surface area contributed by atoms with Crippen LogP contribution in [-0.4, -0.2) is 23.0 Å². The van der Waals surface area contributed by atoms with Gasteiger partial charge in [-0.15, -0.1) is 0 Å². The Morgan fingerprint density at radius 1 is 1.58 bits per heavy atom. The summed E-state index contributed by atoms with van der Waals surface area (Å²) in [6.07, 6.45) is 5.06. The van der Waals surface area contributed by atoms with Crippen molar-refractivity contribution in [3.8, 4) is 0 Å². The molecule has 0 amide bonds. The number of nitrogens with zero attached hydrogens (tertiary/aromatic N) is 2. The number of likely N-dealkylation sites (tertiary alicyclic amines) is 1. The molecule has 1 saturated heterocycles. The van der Waals surface area contributed by atoms with Crippen LogP contribution >= 0.6 is 0 Å². The molecule has 1 aromatic heterocycles. The zero-order valence-electron chi connectivity index (χ0n) is 7.57. The molecule has 2 heteroatoms. The van der Waals surface area contributed by atoms with E-state index in [1.54, 1.807) is 0 Å². The van der Waals surface area contributed by atoms with Crippen LogP contribution in [0.25, 0.3) is 0 Å². The number of rotatable bonds is 1. The Morgan fingerprint density at radius 2 is 2.42 bits per heavy atom. The van der Waals surface area contributed by atoms with Crippen molar-refractivity contribution in [2.75, 3.05) is 7.05 Å². The van der Waals surface area contributed by atoms with E-state index in [1.807, 2.05) is 18.5 Å². The quantitative estimate of drug-likeness (QED) is 0.626. The number of pyridine rings is 1. The highest BCUT2D eigenvalue weighted by Crippen LogP contribution is 2.35. The topological polar surface area (TPSA) is 16.1 Å². The Morgan fingerprint density at radius 3 is 2.92 bits per heavy atom. The Hall–Kier alpha value is -0.890. The first-order chi connectivity index (χ1) is 5.79. The highest BCUT2D eigenvalue weighted by atomic mass is 15.2. The van der Waals surface area contributed by atoms with Gasteiger partial charge in [-0.05, 0) is 32.0 Å². The van der Waals surface area contributed by atoms with Crippen molar-refractivity contribution < 1.29 is 0 Å². The Labute approximate surface area is 73.2 Å². The summed E-state index contributed by atoms with van der Waals surface area (Å²) in [6, 6.07) is 5.50. The zero-order valence-corrected chi connectivity index (χ0v) is 7.57. The molecule has 0 saturated carbocycles. The molecule has 0 N–H and O–H groups in total. The van der Waals surface area contributed by atoms with Crippen LogP contribution in [0.4, 0.5) is 0 Å². The van der Waals surface area contributed by atoms with Crippen LogP contribution < -0.4 is 0 Å². The maximum atomic E-state index is 4.12. The number of hydrogen-bond donors (Lipinski definition) is 0. The summed E-state index contributed by atoms with van der Waals surface area (Å²) in [5.41, 5.74) is 1.35. The van der Waals surface area contributed by atoms with Gasteiger partial charge in [0.05, 0.1) is 0 Å². The number of aromatic nitrogens is 1. The normalized spacial score (nSPS) is 29.8. The van der Waals surface area contributed by atoms with Gasteiger partial charge < -0.3 is 0 Å². The Bertz CT molecular complexity index is 258. The summed E-state index contributed by atoms with van der Waals surface area (Å²) in [6.45, 7) is 2.26. The van der Waals surface area contributed by atoms with E-state index >= 15 is 0 Å². The van der Waals surface area contributed by atoms with Crippen LogP contribution in [0.15, 0.2) is 24.5 Å². The van der Waals surface area contributed by atoms with Gasteiger partial charge >= 0.3 is 0 Å². The molecule has 0 aromatic carbocycles. The molecule has 1 aromatic rings. The maximum Gasteiger partial charge on any atom is 0.0377 e. The average molecular weight is 162 g/mol. The van der Waals surface area contributed by atoms with Gasteiger partial charge in [0.15, 0.2) is 0 Å². The minimum absolute atomic E-state index is 0.605. The molecule has 2 rings (SSSR count). The first-order valence-corrected chi connectivity index (χ1v) is 4.41. The van der Waals surface area contributed by atoms with Crippen molar-refractivity contribution in [3.05, 3.63) is 30.1 Å². The predicted octanol–water partition coefficient (Wildman–Crippen LogP) is 1.85. The van der Waals surface area contributed by atoms with Crippen molar-refractivity contribution in [2.45, 2.75) is 25.4 Å². The van der Waals surface area contributed by atoms with Gasteiger partial charge in [-0.1, -0.05) is 6.07 Å². The van der Waals surface area contributed by atoms with Crippen LogP contribution in [0.1, 0.15) is 24.9 Å². The summed E-state index contributed by atoms with van der Waals surface area (Å²) in [4.78, 5) is 6.51. The first-order valence-electron chi connectivity index (χ1n) is 4.41. The van der Waals surface area contributed by atoms with Gasteiger partial charge in [0, 0.05) is 24.5 Å². The standard InChI is InChI=1S/C10H14N2/c1-8-6-10(12(8)2)9-4-3-5-11-7-9/h3-5,7-8,10H,6H2,1-2H3/t8-,10+/m0/s1. The van der Waals surface area contributed by atoms with E-state index in [2.05, 4.69) is 29.9 Å². The van der Waals surface area contributed by atoms with E-state index in [-0.39, 0.29) is 0 Å². The van der Waals surface area contributed by atoms with Crippen molar-refractivity contribution >= 4 is 0 Å². The fourth-order valence-corrected chi connectivity index (χ4v) is 1.77. The van der Waals surface area contributed by atoms with Crippen LogP contribution in [0.2, 0.25) is 0 Å². The van der Waals surface area contributed by atoms with Crippen molar-refractivity contribution in [3.63, 3.8) is 0 Å². The molecule has 1 aliphatic heterocycles. The van der Waals surface area contributed by atoms with Gasteiger partial charge in [0.25, 0.3) is 0 Å². The second-order valence-electron chi connectivity index (χ2n) is 3.55. The molecule has 0 spiro atoms. The smallest absolute Gasteiger partial charge is 0.0377 e. The second kappa shape index (κ2) is 2.87.